The lowest BCUT2D eigenvalue weighted by molar-refractivity contribution is 0.324. The molecule has 0 bridgehead atoms. The molecule has 1 fully saturated rings. The minimum absolute atomic E-state index is 0.161. The Labute approximate surface area is 127 Å². The Kier molecular flexibility index (Phi) is 5.71. The topological polar surface area (TPSA) is 26.0 Å². The first-order chi connectivity index (χ1) is 8.66. The summed E-state index contributed by atoms with van der Waals surface area (Å²) in [4.78, 5) is 0. The van der Waals surface area contributed by atoms with Crippen molar-refractivity contribution in [1.29, 1.82) is 0 Å². The zero-order valence-corrected chi connectivity index (χ0v) is 13.8. The molecular weight excluding hydrogens is 354 g/mol. The van der Waals surface area contributed by atoms with E-state index in [-0.39, 0.29) is 6.04 Å². The molecule has 1 aliphatic rings. The quantitative estimate of drug-likeness (QED) is 0.732. The molecule has 0 aromatic heterocycles. The summed E-state index contributed by atoms with van der Waals surface area (Å²) in [6, 6.07) is 6.44. The summed E-state index contributed by atoms with van der Waals surface area (Å²) in [5.74, 6) is 0.916. The van der Waals surface area contributed by atoms with Crippen LogP contribution in [-0.4, -0.2) is 0 Å². The smallest absolute Gasteiger partial charge is 0.0306 e. The molecule has 1 unspecified atom stereocenters. The van der Waals surface area contributed by atoms with E-state index in [0.29, 0.717) is 0 Å². The number of rotatable bonds is 4. The average Bonchev–Trinajstić information content (AvgIpc) is 2.37. The third kappa shape index (κ3) is 4.07. The van der Waals surface area contributed by atoms with Gasteiger partial charge in [-0.05, 0) is 36.5 Å². The minimum atomic E-state index is 0.161. The van der Waals surface area contributed by atoms with Crippen molar-refractivity contribution in [3.05, 3.63) is 32.7 Å². The summed E-state index contributed by atoms with van der Waals surface area (Å²) < 4.78 is 2.21. The maximum Gasteiger partial charge on any atom is 0.0306 e. The van der Waals surface area contributed by atoms with E-state index in [9.17, 15) is 0 Å². The van der Waals surface area contributed by atoms with Gasteiger partial charge in [0.1, 0.15) is 0 Å². The van der Waals surface area contributed by atoms with Crippen LogP contribution in [0.15, 0.2) is 27.1 Å². The fourth-order valence-electron chi connectivity index (χ4n) is 2.85. The van der Waals surface area contributed by atoms with E-state index >= 15 is 0 Å². The van der Waals surface area contributed by atoms with Gasteiger partial charge in [-0.2, -0.15) is 0 Å². The lowest BCUT2D eigenvalue weighted by atomic mass is 9.84. The monoisotopic (exact) mass is 373 g/mol. The van der Waals surface area contributed by atoms with Crippen LogP contribution < -0.4 is 5.73 Å². The maximum atomic E-state index is 6.32. The van der Waals surface area contributed by atoms with E-state index < -0.39 is 0 Å². The first kappa shape index (κ1) is 14.5. The standard InChI is InChI=1S/C15H21Br2N/c16-12-7-8-13(14(17)10-12)15(18)9-6-11-4-2-1-3-5-11/h7-8,10-11,15H,1-6,9,18H2. The number of hydrogen-bond donors (Lipinski definition) is 1. The van der Waals surface area contributed by atoms with Crippen molar-refractivity contribution in [2.24, 2.45) is 11.7 Å². The second-order valence-corrected chi connectivity index (χ2v) is 7.12. The fourth-order valence-corrected chi connectivity index (χ4v) is 4.19. The summed E-state index contributed by atoms with van der Waals surface area (Å²) in [7, 11) is 0. The molecule has 1 nitrogen and oxygen atoms in total. The molecule has 100 valence electrons. The summed E-state index contributed by atoms with van der Waals surface area (Å²) in [5.41, 5.74) is 7.55. The highest BCUT2D eigenvalue weighted by Gasteiger charge is 2.16. The zero-order valence-electron chi connectivity index (χ0n) is 10.7. The Hall–Kier alpha value is 0.140. The molecule has 0 saturated heterocycles. The van der Waals surface area contributed by atoms with Gasteiger partial charge in [0.05, 0.1) is 0 Å². The zero-order chi connectivity index (χ0) is 13.0. The first-order valence-electron chi connectivity index (χ1n) is 6.87. The van der Waals surface area contributed by atoms with Gasteiger partial charge in [0.25, 0.3) is 0 Å². The van der Waals surface area contributed by atoms with Crippen LogP contribution in [0, 0.1) is 5.92 Å². The van der Waals surface area contributed by atoms with Crippen molar-refractivity contribution in [2.45, 2.75) is 51.0 Å². The SMILES string of the molecule is NC(CCC1CCCCC1)c1ccc(Br)cc1Br. The van der Waals surface area contributed by atoms with Crippen molar-refractivity contribution in [2.75, 3.05) is 0 Å². The summed E-state index contributed by atoms with van der Waals surface area (Å²) >= 11 is 7.08. The van der Waals surface area contributed by atoms with Gasteiger partial charge in [0.15, 0.2) is 0 Å². The van der Waals surface area contributed by atoms with Gasteiger partial charge in [-0.15, -0.1) is 0 Å². The molecule has 1 aromatic carbocycles. The van der Waals surface area contributed by atoms with E-state index in [1.807, 2.05) is 0 Å². The molecule has 2 N–H and O–H groups in total. The van der Waals surface area contributed by atoms with Crippen molar-refractivity contribution in [3.8, 4) is 0 Å². The molecule has 0 spiro atoms. The molecule has 1 saturated carbocycles. The highest BCUT2D eigenvalue weighted by molar-refractivity contribution is 9.11. The third-order valence-corrected chi connectivity index (χ3v) is 5.15. The molecular formula is C15H21Br2N. The van der Waals surface area contributed by atoms with E-state index in [1.165, 1.54) is 44.1 Å². The van der Waals surface area contributed by atoms with E-state index in [1.54, 1.807) is 0 Å². The molecule has 1 atom stereocenters. The minimum Gasteiger partial charge on any atom is -0.324 e. The molecule has 0 radical (unpaired) electrons. The van der Waals surface area contributed by atoms with E-state index in [2.05, 4.69) is 50.1 Å². The second kappa shape index (κ2) is 7.06. The van der Waals surface area contributed by atoms with Gasteiger partial charge < -0.3 is 5.73 Å². The predicted octanol–water partition coefficient (Wildman–Crippen LogP) is 5.57. The molecule has 18 heavy (non-hydrogen) atoms. The van der Waals surface area contributed by atoms with Crippen LogP contribution in [0.1, 0.15) is 56.6 Å². The Morgan fingerprint density at radius 3 is 2.56 bits per heavy atom. The number of nitrogens with two attached hydrogens (primary N) is 1. The summed E-state index contributed by atoms with van der Waals surface area (Å²) in [6.07, 6.45) is 9.47. The van der Waals surface area contributed by atoms with Crippen molar-refractivity contribution in [3.63, 3.8) is 0 Å². The molecule has 1 aromatic rings. The van der Waals surface area contributed by atoms with Gasteiger partial charge in [-0.1, -0.05) is 70.0 Å². The predicted molar refractivity (Wildman–Crippen MR) is 84.6 cm³/mol. The Morgan fingerprint density at radius 2 is 1.89 bits per heavy atom. The molecule has 3 heteroatoms. The number of hydrogen-bond acceptors (Lipinski definition) is 1. The maximum absolute atomic E-state index is 6.32. The van der Waals surface area contributed by atoms with Gasteiger partial charge in [0.2, 0.25) is 0 Å². The molecule has 2 rings (SSSR count). The Morgan fingerprint density at radius 1 is 1.17 bits per heavy atom. The highest BCUT2D eigenvalue weighted by atomic mass is 79.9. The van der Waals surface area contributed by atoms with Gasteiger partial charge in [-0.25, -0.2) is 0 Å². The van der Waals surface area contributed by atoms with Crippen LogP contribution in [0.3, 0.4) is 0 Å². The van der Waals surface area contributed by atoms with E-state index in [4.69, 9.17) is 5.73 Å². The molecule has 0 heterocycles. The first-order valence-corrected chi connectivity index (χ1v) is 8.46. The van der Waals surface area contributed by atoms with Crippen LogP contribution in [0.2, 0.25) is 0 Å². The van der Waals surface area contributed by atoms with Crippen LogP contribution in [0.25, 0.3) is 0 Å². The lowest BCUT2D eigenvalue weighted by Gasteiger charge is -2.23. The normalized spacial score (nSPS) is 18.8. The van der Waals surface area contributed by atoms with Crippen molar-refractivity contribution >= 4 is 31.9 Å². The van der Waals surface area contributed by atoms with Gasteiger partial charge in [0, 0.05) is 15.0 Å². The van der Waals surface area contributed by atoms with Crippen LogP contribution >= 0.6 is 31.9 Å². The largest absolute Gasteiger partial charge is 0.324 e. The van der Waals surface area contributed by atoms with Crippen LogP contribution in [0.4, 0.5) is 0 Å². The lowest BCUT2D eigenvalue weighted by Crippen LogP contribution is -2.14. The Balaban J connectivity index is 1.88. The number of halogens is 2. The highest BCUT2D eigenvalue weighted by Crippen LogP contribution is 2.32. The Bertz CT molecular complexity index is 386. The summed E-state index contributed by atoms with van der Waals surface area (Å²) in [5, 5.41) is 0. The third-order valence-electron chi connectivity index (χ3n) is 3.97. The molecule has 0 aliphatic heterocycles. The average molecular weight is 375 g/mol. The fraction of sp³-hybridized carbons (Fsp3) is 0.600. The van der Waals surface area contributed by atoms with Crippen LogP contribution in [0.5, 0.6) is 0 Å². The van der Waals surface area contributed by atoms with Gasteiger partial charge in [-0.3, -0.25) is 0 Å². The van der Waals surface area contributed by atoms with Crippen molar-refractivity contribution < 1.29 is 0 Å². The van der Waals surface area contributed by atoms with Gasteiger partial charge >= 0.3 is 0 Å². The van der Waals surface area contributed by atoms with E-state index in [0.717, 1.165) is 21.3 Å². The molecule has 1 aliphatic carbocycles. The van der Waals surface area contributed by atoms with Crippen molar-refractivity contribution in [1.82, 2.24) is 0 Å². The van der Waals surface area contributed by atoms with Crippen LogP contribution in [-0.2, 0) is 0 Å². The molecule has 0 amide bonds. The second-order valence-electron chi connectivity index (χ2n) is 5.35. The number of benzene rings is 1. The summed E-state index contributed by atoms with van der Waals surface area (Å²) in [6.45, 7) is 0.